The second-order valence-electron chi connectivity index (χ2n) is 0.810. The summed E-state index contributed by atoms with van der Waals surface area (Å²) < 4.78 is -2.44. The van der Waals surface area contributed by atoms with E-state index in [9.17, 15) is 0 Å². The molecule has 0 heterocycles. The molecule has 0 atom stereocenters. The molecule has 0 saturated heterocycles. The molecule has 0 radical (unpaired) electrons. The van der Waals surface area contributed by atoms with E-state index in [1.54, 1.807) is 0 Å². The summed E-state index contributed by atoms with van der Waals surface area (Å²) >= 11 is 15.5. The number of halogens is 6. The Morgan fingerprint density at radius 2 is 0.571 bits per heavy atom. The molecule has 0 N–H and O–H groups in total. The molecule has 0 aromatic rings. The minimum atomic E-state index is -2.44. The molecule has 49 valence electrons. The molecule has 0 spiro atoms. The van der Waals surface area contributed by atoms with Gasteiger partial charge in [0.15, 0.2) is 0 Å². The fraction of sp³-hybridized carbons (Fsp3) is 0. The van der Waals surface area contributed by atoms with E-state index in [1.807, 2.05) is 0 Å². The molecule has 0 aliphatic heterocycles. The molecular formula is EuI6. The maximum atomic E-state index is 2.58. The van der Waals surface area contributed by atoms with Crippen molar-refractivity contribution in [3.8, 4) is 0 Å². The molecule has 0 amide bonds. The van der Waals surface area contributed by atoms with Crippen molar-refractivity contribution in [2.24, 2.45) is 0 Å². The van der Waals surface area contributed by atoms with Gasteiger partial charge in [-0.05, 0) is 0 Å². The van der Waals surface area contributed by atoms with Crippen LogP contribution in [0.3, 0.4) is 0 Å². The Hall–Kier alpha value is 5.96. The maximum absolute atomic E-state index is 2.58. The van der Waals surface area contributed by atoms with Gasteiger partial charge >= 0.3 is 69.6 Å². The van der Waals surface area contributed by atoms with Gasteiger partial charge in [-0.3, -0.25) is 0 Å². The average Bonchev–Trinajstić information content (AvgIpc) is 0.592. The Morgan fingerprint density at radius 1 is 0.571 bits per heavy atom. The van der Waals surface area contributed by atoms with Crippen molar-refractivity contribution in [2.75, 3.05) is 0 Å². The van der Waals surface area contributed by atoms with Gasteiger partial charge in [-0.15, -0.1) is 0 Å². The molecule has 0 rings (SSSR count). The molecule has 0 aromatic carbocycles. The van der Waals surface area contributed by atoms with Crippen molar-refractivity contribution in [3.05, 3.63) is 0 Å². The summed E-state index contributed by atoms with van der Waals surface area (Å²) in [5, 5.41) is 0. The van der Waals surface area contributed by atoms with Crippen molar-refractivity contribution >= 4 is 71.0 Å². The first-order chi connectivity index (χ1) is 2.45. The molecule has 0 bridgehead atoms. The quantitative estimate of drug-likeness (QED) is 0.290. The molecular weight excluding hydrogens is 913 g/mol. The van der Waals surface area contributed by atoms with Gasteiger partial charge in [-0.2, -0.15) is 0 Å². The summed E-state index contributed by atoms with van der Waals surface area (Å²) in [5.74, 6) is 0. The number of rotatable bonds is 0. The topological polar surface area (TPSA) is 0 Å². The van der Waals surface area contributed by atoms with Crippen molar-refractivity contribution in [2.45, 2.75) is 0 Å². The fourth-order valence-electron chi connectivity index (χ4n) is 0. The molecule has 0 nitrogen and oxygen atoms in total. The van der Waals surface area contributed by atoms with Gasteiger partial charge in [0.1, 0.15) is 0 Å². The zero-order chi connectivity index (χ0) is 6.41. The second-order valence-corrected chi connectivity index (χ2v) is 270. The summed E-state index contributed by atoms with van der Waals surface area (Å²) in [6, 6.07) is 0. The summed E-state index contributed by atoms with van der Waals surface area (Å²) in [7, 11) is 0. The first-order valence-electron chi connectivity index (χ1n) is 0.857. The van der Waals surface area contributed by atoms with Crippen molar-refractivity contribution in [3.63, 3.8) is 0 Å². The zero-order valence-electron chi connectivity index (χ0n) is 2.65. The van der Waals surface area contributed by atoms with Gasteiger partial charge in [0, 0.05) is 0 Å². The predicted octanol–water partition coefficient (Wildman–Crippen LogP) is 5.31. The SMILES string of the molecule is [I][Eu]([I])([I])([I])([I])[I]. The third-order valence-corrected chi connectivity index (χ3v) is 0. The van der Waals surface area contributed by atoms with Gasteiger partial charge in [0.05, 0.1) is 0 Å². The third-order valence-electron chi connectivity index (χ3n) is 0. The van der Waals surface area contributed by atoms with Crippen molar-refractivity contribution in [1.82, 2.24) is 0 Å². The van der Waals surface area contributed by atoms with Crippen LogP contribution in [0, 0.1) is -1.42 Å². The van der Waals surface area contributed by atoms with E-state index < -0.39 is -1.42 Å². The minimum absolute atomic E-state index is 2.44. The third kappa shape index (κ3) is 33.4. The Kier molecular flexibility index (Phi) is 6.06. The van der Waals surface area contributed by atoms with Crippen LogP contribution in [-0.2, 0) is 0 Å². The monoisotopic (exact) mass is 914 g/mol. The van der Waals surface area contributed by atoms with Crippen LogP contribution >= 0.6 is 71.0 Å². The van der Waals surface area contributed by atoms with Crippen molar-refractivity contribution < 1.29 is -1.42 Å². The summed E-state index contributed by atoms with van der Waals surface area (Å²) in [6.07, 6.45) is 0. The zero-order valence-corrected chi connectivity index (χ0v) is 18.0. The summed E-state index contributed by atoms with van der Waals surface area (Å²) in [6.45, 7) is 0. The molecule has 7 heteroatoms. The Labute approximate surface area is 63.6 Å². The molecule has 0 unspecified atom stereocenters. The molecule has 7 heavy (non-hydrogen) atoms. The number of hydrogen-bond acceptors (Lipinski definition) is 0. The summed E-state index contributed by atoms with van der Waals surface area (Å²) in [5.41, 5.74) is 0. The van der Waals surface area contributed by atoms with Crippen LogP contribution in [0.4, 0.5) is 0 Å². The molecule has 0 aliphatic rings. The van der Waals surface area contributed by atoms with Gasteiger partial charge in [0.2, 0.25) is 0 Å². The standard InChI is InChI=1S/Eu.6HI/h;6*1H/q+6;;;;;;/p-6. The molecule has 0 saturated carbocycles. The van der Waals surface area contributed by atoms with Crippen LogP contribution in [0.25, 0.3) is 0 Å². The predicted molar refractivity (Wildman–Crippen MR) is 84.1 cm³/mol. The summed E-state index contributed by atoms with van der Waals surface area (Å²) in [4.78, 5) is 0. The second kappa shape index (κ2) is 3.27. The van der Waals surface area contributed by atoms with E-state index in [-0.39, 0.29) is 0 Å². The van der Waals surface area contributed by atoms with Crippen LogP contribution < -0.4 is 0 Å². The van der Waals surface area contributed by atoms with E-state index in [4.69, 9.17) is 0 Å². The molecule has 0 fully saturated rings. The average molecular weight is 913 g/mol. The van der Waals surface area contributed by atoms with E-state index in [0.29, 0.717) is 0 Å². The Morgan fingerprint density at radius 3 is 0.571 bits per heavy atom. The Bertz CT molecular complexity index is 62.7. The Balaban J connectivity index is 4.43. The van der Waals surface area contributed by atoms with Gasteiger partial charge in [-0.1, -0.05) is 0 Å². The van der Waals surface area contributed by atoms with Gasteiger partial charge in [0.25, 0.3) is 0 Å². The number of hydrogen-bond donors (Lipinski definition) is 0. The van der Waals surface area contributed by atoms with Crippen LogP contribution in [0.1, 0.15) is 0 Å². The first kappa shape index (κ1) is 13.0. The van der Waals surface area contributed by atoms with E-state index in [0.717, 1.165) is 0 Å². The van der Waals surface area contributed by atoms with Gasteiger partial charge < -0.3 is 0 Å². The van der Waals surface area contributed by atoms with Gasteiger partial charge in [-0.25, -0.2) is 0 Å². The van der Waals surface area contributed by atoms with Crippen LogP contribution in [0.15, 0.2) is 0 Å². The van der Waals surface area contributed by atoms with E-state index in [1.165, 1.54) is 0 Å². The normalized spacial score (nSPS) is 23.1. The fourth-order valence-corrected chi connectivity index (χ4v) is 0. The van der Waals surface area contributed by atoms with Crippen LogP contribution in [0.5, 0.6) is 0 Å². The van der Waals surface area contributed by atoms with Crippen LogP contribution in [-0.4, -0.2) is 0 Å². The van der Waals surface area contributed by atoms with E-state index >= 15 is 0 Å². The van der Waals surface area contributed by atoms with Crippen molar-refractivity contribution in [1.29, 1.82) is 0 Å². The molecule has 0 aliphatic carbocycles. The molecule has 0 aromatic heterocycles. The van der Waals surface area contributed by atoms with Crippen LogP contribution in [0.2, 0.25) is 0 Å². The van der Waals surface area contributed by atoms with E-state index in [2.05, 4.69) is 71.0 Å². The first-order valence-corrected chi connectivity index (χ1v) is 42.6.